The Morgan fingerprint density at radius 3 is 2.67 bits per heavy atom. The topological polar surface area (TPSA) is 88.4 Å². The van der Waals surface area contributed by atoms with Crippen molar-refractivity contribution in [2.24, 2.45) is 4.99 Å². The zero-order chi connectivity index (χ0) is 18.0. The highest BCUT2D eigenvalue weighted by Crippen LogP contribution is 2.35. The lowest BCUT2D eigenvalue weighted by atomic mass is 10.1. The Kier molecular flexibility index (Phi) is 5.29. The van der Waals surface area contributed by atoms with E-state index in [0.29, 0.717) is 10.6 Å². The van der Waals surface area contributed by atoms with Gasteiger partial charge in [-0.3, -0.25) is 9.73 Å². The van der Waals surface area contributed by atoms with E-state index in [4.69, 9.17) is 9.84 Å². The fourth-order valence-corrected chi connectivity index (χ4v) is 3.04. The number of phenolic OH excluding ortho intramolecular Hbond substituents is 1. The average Bonchev–Trinajstić information content (AvgIpc) is 2.86. The largest absolute Gasteiger partial charge is 0.522 e. The molecule has 0 aliphatic carbocycles. The monoisotopic (exact) mass is 365 g/mol. The molecule has 0 amide bonds. The van der Waals surface area contributed by atoms with Crippen LogP contribution in [0.1, 0.15) is 12.5 Å². The second-order valence-electron chi connectivity index (χ2n) is 5.11. The molecule has 0 spiro atoms. The van der Waals surface area contributed by atoms with E-state index in [9.17, 15) is 23.1 Å². The van der Waals surface area contributed by atoms with Gasteiger partial charge in [0.15, 0.2) is 5.54 Å². The van der Waals surface area contributed by atoms with Crippen LogP contribution >= 0.6 is 11.8 Å². The van der Waals surface area contributed by atoms with Crippen LogP contribution in [0.5, 0.6) is 11.5 Å². The van der Waals surface area contributed by atoms with Gasteiger partial charge in [-0.05, 0) is 19.1 Å². The maximum Gasteiger partial charge on any atom is 0.522 e. The molecule has 0 bridgehead atoms. The normalized spacial score (nSPS) is 20.8. The van der Waals surface area contributed by atoms with Gasteiger partial charge in [0.1, 0.15) is 23.1 Å². The quantitative estimate of drug-likeness (QED) is 0.754. The number of halogens is 3. The van der Waals surface area contributed by atoms with Gasteiger partial charge in [-0.1, -0.05) is 0 Å². The van der Waals surface area contributed by atoms with Gasteiger partial charge in [-0.15, -0.1) is 24.9 Å². The number of nitrogens with zero attached hydrogens (tertiary/aromatic N) is 1. The summed E-state index contributed by atoms with van der Waals surface area (Å²) in [4.78, 5) is 15.3. The molecule has 132 valence electrons. The van der Waals surface area contributed by atoms with Crippen molar-refractivity contribution in [3.63, 3.8) is 0 Å². The van der Waals surface area contributed by atoms with Crippen molar-refractivity contribution >= 4 is 22.8 Å². The van der Waals surface area contributed by atoms with Crippen molar-refractivity contribution in [3.05, 3.63) is 23.8 Å². The molecule has 1 aromatic rings. The summed E-state index contributed by atoms with van der Waals surface area (Å²) in [5.74, 6) is -0.865. The van der Waals surface area contributed by atoms with E-state index in [2.05, 4.69) is 9.73 Å². The summed E-state index contributed by atoms with van der Waals surface area (Å²) >= 11 is 1.20. The number of hydrogen-bond donors (Lipinski definition) is 2. The van der Waals surface area contributed by atoms with Crippen LogP contribution in [0.2, 0.25) is 0 Å². The van der Waals surface area contributed by atoms with Gasteiger partial charge in [-0.25, -0.2) is 4.79 Å². The number of aromatic hydroxyl groups is 1. The maximum absolute atomic E-state index is 11.8. The summed E-state index contributed by atoms with van der Waals surface area (Å²) < 4.78 is 44.1. The number of phenols is 1. The fourth-order valence-electron chi connectivity index (χ4n) is 1.84. The van der Waals surface area contributed by atoms with Crippen LogP contribution in [0.3, 0.4) is 0 Å². The molecule has 24 heavy (non-hydrogen) atoms. The molecule has 1 aliphatic rings. The lowest BCUT2D eigenvalue weighted by Crippen LogP contribution is -2.33. The molecular weight excluding hydrogens is 351 g/mol. The van der Waals surface area contributed by atoms with Crippen LogP contribution in [0.15, 0.2) is 23.2 Å². The number of thioether (sulfide) groups is 1. The van der Waals surface area contributed by atoms with Gasteiger partial charge in [-0.2, -0.15) is 0 Å². The highest BCUT2D eigenvalue weighted by molar-refractivity contribution is 8.14. The number of benzene rings is 1. The smallest absolute Gasteiger partial charge is 0.507 e. The van der Waals surface area contributed by atoms with Crippen LogP contribution in [-0.4, -0.2) is 52.1 Å². The molecule has 1 atom stereocenters. The minimum Gasteiger partial charge on any atom is -0.507 e. The Hall–Kier alpha value is -1.94. The first-order valence-electron chi connectivity index (χ1n) is 6.74. The highest BCUT2D eigenvalue weighted by atomic mass is 32.2. The molecule has 10 heteroatoms. The number of alkyl halides is 3. The van der Waals surface area contributed by atoms with E-state index in [0.717, 1.165) is 0 Å². The molecule has 0 aromatic heterocycles. The van der Waals surface area contributed by atoms with Gasteiger partial charge >= 0.3 is 12.3 Å². The Morgan fingerprint density at radius 1 is 1.42 bits per heavy atom. The molecule has 1 aliphatic heterocycles. The first-order valence-corrected chi connectivity index (χ1v) is 7.72. The first kappa shape index (κ1) is 18.4. The number of ether oxygens (including phenoxy) is 2. The molecule has 6 nitrogen and oxygen atoms in total. The summed E-state index contributed by atoms with van der Waals surface area (Å²) in [6.07, 6.45) is -4.72. The number of rotatable bonds is 6. The number of hydrogen-bond acceptors (Lipinski definition) is 6. The summed E-state index contributed by atoms with van der Waals surface area (Å²) in [6, 6.07) is 4.14. The van der Waals surface area contributed by atoms with Gasteiger partial charge in [0.05, 0.1) is 6.61 Å². The molecule has 0 saturated carbocycles. The number of carbonyl (C=O) groups is 1. The molecule has 1 heterocycles. The van der Waals surface area contributed by atoms with Crippen LogP contribution in [0.4, 0.5) is 13.2 Å². The number of carboxylic acids is 1. The SMILES string of the molecule is C[C@]1(C(=O)O)CSC(c2ccc(OCCOC(F)(F)F)cc2O)=N1. The molecule has 1 aromatic carbocycles. The maximum atomic E-state index is 11.8. The van der Waals surface area contributed by atoms with Crippen molar-refractivity contribution in [2.45, 2.75) is 18.8 Å². The van der Waals surface area contributed by atoms with Gasteiger partial charge in [0, 0.05) is 17.4 Å². The Morgan fingerprint density at radius 2 is 2.12 bits per heavy atom. The number of aliphatic imine (C=N–C) groups is 1. The highest BCUT2D eigenvalue weighted by Gasteiger charge is 2.39. The standard InChI is InChI=1S/C14H14F3NO5S/c1-13(12(20)21)7-24-11(18-13)9-3-2-8(6-10(9)19)22-4-5-23-14(15,16)17/h2-3,6,19H,4-5,7H2,1H3,(H,20,21)/t13-/m1/s1. The fraction of sp³-hybridized carbons (Fsp3) is 0.429. The third kappa shape index (κ3) is 4.54. The second kappa shape index (κ2) is 6.89. The summed E-state index contributed by atoms with van der Waals surface area (Å²) in [5.41, 5.74) is -0.917. The van der Waals surface area contributed by atoms with Crippen LogP contribution < -0.4 is 4.74 Å². The zero-order valence-electron chi connectivity index (χ0n) is 12.5. The molecule has 2 N–H and O–H groups in total. The predicted molar refractivity (Wildman–Crippen MR) is 80.6 cm³/mol. The molecule has 0 unspecified atom stereocenters. The average molecular weight is 365 g/mol. The van der Waals surface area contributed by atoms with E-state index in [1.807, 2.05) is 0 Å². The van der Waals surface area contributed by atoms with Gasteiger partial charge in [0.2, 0.25) is 0 Å². The number of carboxylic acid groups (broad SMARTS) is 1. The van der Waals surface area contributed by atoms with Crippen LogP contribution in [-0.2, 0) is 9.53 Å². The molecular formula is C14H14F3NO5S. The van der Waals surface area contributed by atoms with E-state index >= 15 is 0 Å². The van der Waals surface area contributed by atoms with E-state index in [1.54, 1.807) is 0 Å². The Bertz CT molecular complexity index is 664. The van der Waals surface area contributed by atoms with Crippen LogP contribution in [0.25, 0.3) is 0 Å². The molecule has 2 rings (SSSR count). The molecule has 0 radical (unpaired) electrons. The second-order valence-corrected chi connectivity index (χ2v) is 6.07. The lowest BCUT2D eigenvalue weighted by molar-refractivity contribution is -0.325. The van der Waals surface area contributed by atoms with Crippen molar-refractivity contribution in [1.82, 2.24) is 0 Å². The molecule has 0 saturated heterocycles. The van der Waals surface area contributed by atoms with Crippen LogP contribution in [0, 0.1) is 0 Å². The summed E-state index contributed by atoms with van der Waals surface area (Å²) in [5, 5.41) is 19.5. The Balaban J connectivity index is 2.02. The van der Waals surface area contributed by atoms with Crippen molar-refractivity contribution in [2.75, 3.05) is 19.0 Å². The summed E-state index contributed by atoms with van der Waals surface area (Å²) in [7, 11) is 0. The minimum atomic E-state index is -4.72. The number of aliphatic carboxylic acids is 1. The third-order valence-corrected chi connectivity index (χ3v) is 4.41. The van der Waals surface area contributed by atoms with Crippen molar-refractivity contribution < 1.29 is 37.7 Å². The van der Waals surface area contributed by atoms with E-state index in [1.165, 1.54) is 36.9 Å². The Labute approximate surface area is 139 Å². The summed E-state index contributed by atoms with van der Waals surface area (Å²) in [6.45, 7) is 0.459. The zero-order valence-corrected chi connectivity index (χ0v) is 13.3. The van der Waals surface area contributed by atoms with Crippen molar-refractivity contribution in [1.29, 1.82) is 0 Å². The third-order valence-electron chi connectivity index (χ3n) is 3.12. The first-order chi connectivity index (χ1) is 11.1. The van der Waals surface area contributed by atoms with E-state index < -0.39 is 24.5 Å². The lowest BCUT2D eigenvalue weighted by Gasteiger charge is -2.12. The minimum absolute atomic E-state index is 0.159. The molecule has 0 fully saturated rings. The van der Waals surface area contributed by atoms with Crippen molar-refractivity contribution in [3.8, 4) is 11.5 Å². The van der Waals surface area contributed by atoms with Gasteiger partial charge in [0.25, 0.3) is 0 Å². The van der Waals surface area contributed by atoms with Gasteiger partial charge < -0.3 is 14.9 Å². The van der Waals surface area contributed by atoms with E-state index in [-0.39, 0.29) is 23.9 Å². The predicted octanol–water partition coefficient (Wildman–Crippen LogP) is 2.64.